The average molecular weight is 248 g/mol. The van der Waals surface area contributed by atoms with Crippen molar-refractivity contribution in [2.45, 2.75) is 31.4 Å². The average Bonchev–Trinajstić information content (AvgIpc) is 3.23. The molecule has 1 aliphatic rings. The van der Waals surface area contributed by atoms with Gasteiger partial charge in [0.25, 0.3) is 0 Å². The van der Waals surface area contributed by atoms with Gasteiger partial charge in [-0.2, -0.15) is 0 Å². The van der Waals surface area contributed by atoms with E-state index >= 15 is 0 Å². The molecule has 0 aliphatic heterocycles. The minimum atomic E-state index is 0.155. The number of hydrogen-bond acceptors (Lipinski definition) is 3. The molecule has 3 heteroatoms. The molecule has 1 saturated carbocycles. The summed E-state index contributed by atoms with van der Waals surface area (Å²) in [5.41, 5.74) is 1.24. The molecule has 0 saturated heterocycles. The largest absolute Gasteiger partial charge is 0.375 e. The van der Waals surface area contributed by atoms with Crippen LogP contribution in [0.3, 0.4) is 0 Å². The molecule has 0 heterocycles. The Morgan fingerprint density at radius 2 is 2.00 bits per heavy atom. The molecule has 1 aromatic rings. The molecule has 0 spiro atoms. The summed E-state index contributed by atoms with van der Waals surface area (Å²) in [5.74, 6) is 0. The zero-order chi connectivity index (χ0) is 12.6. The monoisotopic (exact) mass is 248 g/mol. The fourth-order valence-electron chi connectivity index (χ4n) is 2.05. The Balaban J connectivity index is 1.58. The third kappa shape index (κ3) is 4.77. The van der Waals surface area contributed by atoms with Crippen LogP contribution >= 0.6 is 0 Å². The van der Waals surface area contributed by atoms with Gasteiger partial charge < -0.3 is 15.4 Å². The van der Waals surface area contributed by atoms with Crippen molar-refractivity contribution in [3.05, 3.63) is 35.9 Å². The van der Waals surface area contributed by atoms with Crippen LogP contribution in [-0.2, 0) is 4.74 Å². The van der Waals surface area contributed by atoms with Crippen molar-refractivity contribution in [3.8, 4) is 0 Å². The van der Waals surface area contributed by atoms with Crippen molar-refractivity contribution in [2.24, 2.45) is 0 Å². The Kier molecular flexibility index (Phi) is 5.65. The number of hydrogen-bond donors (Lipinski definition) is 2. The van der Waals surface area contributed by atoms with E-state index in [0.717, 1.165) is 25.7 Å². The molecule has 1 fully saturated rings. The summed E-state index contributed by atoms with van der Waals surface area (Å²) in [6.07, 6.45) is 4.07. The van der Waals surface area contributed by atoms with E-state index in [2.05, 4.69) is 34.9 Å². The molecule has 0 aromatic heterocycles. The summed E-state index contributed by atoms with van der Waals surface area (Å²) in [6, 6.07) is 11.2. The molecule has 2 rings (SSSR count). The molecule has 2 N–H and O–H groups in total. The fourth-order valence-corrected chi connectivity index (χ4v) is 2.05. The zero-order valence-corrected chi connectivity index (χ0v) is 11.2. The first-order valence-electron chi connectivity index (χ1n) is 6.92. The normalized spacial score (nSPS) is 16.7. The summed E-state index contributed by atoms with van der Waals surface area (Å²) in [6.45, 7) is 3.05. The van der Waals surface area contributed by atoms with Crippen molar-refractivity contribution in [3.63, 3.8) is 0 Å². The lowest BCUT2D eigenvalue weighted by Gasteiger charge is -2.16. The minimum Gasteiger partial charge on any atom is -0.375 e. The highest BCUT2D eigenvalue weighted by atomic mass is 16.5. The fraction of sp³-hybridized carbons (Fsp3) is 0.600. The molecule has 1 unspecified atom stereocenters. The van der Waals surface area contributed by atoms with E-state index < -0.39 is 0 Å². The summed E-state index contributed by atoms with van der Waals surface area (Å²) in [5, 5.41) is 6.98. The Morgan fingerprint density at radius 1 is 1.22 bits per heavy atom. The van der Waals surface area contributed by atoms with E-state index in [1.54, 1.807) is 7.11 Å². The molecule has 1 atom stereocenters. The summed E-state index contributed by atoms with van der Waals surface area (Å²) < 4.78 is 5.51. The third-order valence-electron chi connectivity index (χ3n) is 3.33. The standard InChI is InChI=1S/C15H24N2O/c1-18-15(13-6-3-2-4-7-13)12-16-10-5-11-17-14-8-9-14/h2-4,6-7,14-17H,5,8-12H2,1H3. The molecule has 1 aliphatic carbocycles. The van der Waals surface area contributed by atoms with Gasteiger partial charge in [0.05, 0.1) is 6.10 Å². The van der Waals surface area contributed by atoms with Gasteiger partial charge in [0.2, 0.25) is 0 Å². The first kappa shape index (κ1) is 13.5. The number of rotatable bonds is 9. The molecular formula is C15H24N2O. The number of benzene rings is 1. The van der Waals surface area contributed by atoms with Crippen molar-refractivity contribution < 1.29 is 4.74 Å². The summed E-state index contributed by atoms with van der Waals surface area (Å²) >= 11 is 0. The Morgan fingerprint density at radius 3 is 2.67 bits per heavy atom. The van der Waals surface area contributed by atoms with Crippen LogP contribution in [0, 0.1) is 0 Å². The van der Waals surface area contributed by atoms with Crippen LogP contribution in [-0.4, -0.2) is 32.8 Å². The summed E-state index contributed by atoms with van der Waals surface area (Å²) in [7, 11) is 1.77. The smallest absolute Gasteiger partial charge is 0.0945 e. The Hall–Kier alpha value is -0.900. The van der Waals surface area contributed by atoms with E-state index in [9.17, 15) is 0 Å². The predicted molar refractivity (Wildman–Crippen MR) is 74.7 cm³/mol. The lowest BCUT2D eigenvalue weighted by atomic mass is 10.1. The second kappa shape index (κ2) is 7.52. The van der Waals surface area contributed by atoms with Gasteiger partial charge in [-0.15, -0.1) is 0 Å². The van der Waals surface area contributed by atoms with E-state index in [-0.39, 0.29) is 6.10 Å². The van der Waals surface area contributed by atoms with Crippen LogP contribution in [0.2, 0.25) is 0 Å². The van der Waals surface area contributed by atoms with E-state index in [0.29, 0.717) is 0 Å². The SMILES string of the molecule is COC(CNCCCNC1CC1)c1ccccc1. The maximum absolute atomic E-state index is 5.51. The van der Waals surface area contributed by atoms with Crippen LogP contribution < -0.4 is 10.6 Å². The highest BCUT2D eigenvalue weighted by Crippen LogP contribution is 2.18. The first-order chi connectivity index (χ1) is 8.90. The van der Waals surface area contributed by atoms with Crippen molar-refractivity contribution in [1.82, 2.24) is 10.6 Å². The molecule has 1 aromatic carbocycles. The van der Waals surface area contributed by atoms with Gasteiger partial charge in [0.1, 0.15) is 0 Å². The quantitative estimate of drug-likeness (QED) is 0.657. The van der Waals surface area contributed by atoms with Crippen molar-refractivity contribution in [2.75, 3.05) is 26.7 Å². The minimum absolute atomic E-state index is 0.155. The molecule has 0 bridgehead atoms. The highest BCUT2D eigenvalue weighted by molar-refractivity contribution is 5.17. The molecule has 0 radical (unpaired) electrons. The van der Waals surface area contributed by atoms with E-state index in [1.807, 2.05) is 6.07 Å². The summed E-state index contributed by atoms with van der Waals surface area (Å²) in [4.78, 5) is 0. The Labute approximate surface area is 110 Å². The second-order valence-corrected chi connectivity index (χ2v) is 4.92. The number of methoxy groups -OCH3 is 1. The van der Waals surface area contributed by atoms with Crippen LogP contribution in [0.15, 0.2) is 30.3 Å². The van der Waals surface area contributed by atoms with Gasteiger partial charge in [-0.05, 0) is 37.9 Å². The van der Waals surface area contributed by atoms with Crippen LogP contribution in [0.1, 0.15) is 30.9 Å². The predicted octanol–water partition coefficient (Wildman–Crippen LogP) is 2.11. The van der Waals surface area contributed by atoms with Crippen LogP contribution in [0.25, 0.3) is 0 Å². The van der Waals surface area contributed by atoms with Crippen LogP contribution in [0.4, 0.5) is 0 Å². The number of ether oxygens (including phenoxy) is 1. The third-order valence-corrected chi connectivity index (χ3v) is 3.33. The van der Waals surface area contributed by atoms with Crippen LogP contribution in [0.5, 0.6) is 0 Å². The van der Waals surface area contributed by atoms with Gasteiger partial charge >= 0.3 is 0 Å². The Bertz CT molecular complexity index is 325. The van der Waals surface area contributed by atoms with E-state index in [1.165, 1.54) is 24.8 Å². The lowest BCUT2D eigenvalue weighted by Crippen LogP contribution is -2.27. The molecule has 100 valence electrons. The molecular weight excluding hydrogens is 224 g/mol. The van der Waals surface area contributed by atoms with Gasteiger partial charge in [-0.1, -0.05) is 30.3 Å². The maximum Gasteiger partial charge on any atom is 0.0945 e. The highest BCUT2D eigenvalue weighted by Gasteiger charge is 2.19. The van der Waals surface area contributed by atoms with Gasteiger partial charge in [0, 0.05) is 19.7 Å². The molecule has 18 heavy (non-hydrogen) atoms. The lowest BCUT2D eigenvalue weighted by molar-refractivity contribution is 0.102. The number of nitrogens with one attached hydrogen (secondary N) is 2. The van der Waals surface area contributed by atoms with Gasteiger partial charge in [-0.25, -0.2) is 0 Å². The second-order valence-electron chi connectivity index (χ2n) is 4.92. The van der Waals surface area contributed by atoms with Crippen molar-refractivity contribution >= 4 is 0 Å². The van der Waals surface area contributed by atoms with Gasteiger partial charge in [0.15, 0.2) is 0 Å². The zero-order valence-electron chi connectivity index (χ0n) is 11.2. The molecule has 0 amide bonds. The first-order valence-corrected chi connectivity index (χ1v) is 6.92. The topological polar surface area (TPSA) is 33.3 Å². The molecule has 3 nitrogen and oxygen atoms in total. The van der Waals surface area contributed by atoms with E-state index in [4.69, 9.17) is 4.74 Å². The maximum atomic E-state index is 5.51. The van der Waals surface area contributed by atoms with Gasteiger partial charge in [-0.3, -0.25) is 0 Å². The van der Waals surface area contributed by atoms with Crippen molar-refractivity contribution in [1.29, 1.82) is 0 Å².